The summed E-state index contributed by atoms with van der Waals surface area (Å²) in [6, 6.07) is 2.05. The lowest BCUT2D eigenvalue weighted by atomic mass is 10.1. The topological polar surface area (TPSA) is 91.5 Å². The SMILES string of the molecule is [2H]C([2H])([2H])C([2H])([2H])Nc1nc(Nc2cn(C(C)(C)C#N)nc2C)ncc1C(F)(F)F. The van der Waals surface area contributed by atoms with E-state index in [0.717, 1.165) is 0 Å². The zero-order valence-corrected chi connectivity index (χ0v) is 13.5. The minimum absolute atomic E-state index is 0.294. The molecule has 2 aromatic heterocycles. The van der Waals surface area contributed by atoms with E-state index in [0.29, 0.717) is 17.6 Å². The van der Waals surface area contributed by atoms with Crippen LogP contribution in [0.5, 0.6) is 0 Å². The third-order valence-corrected chi connectivity index (χ3v) is 3.27. The molecule has 0 amide bonds. The fourth-order valence-electron chi connectivity index (χ4n) is 1.84. The van der Waals surface area contributed by atoms with Gasteiger partial charge in [-0.3, -0.25) is 4.68 Å². The zero-order valence-electron chi connectivity index (χ0n) is 18.5. The van der Waals surface area contributed by atoms with Crippen molar-refractivity contribution < 1.29 is 20.0 Å². The predicted molar refractivity (Wildman–Crippen MR) is 86.4 cm³/mol. The van der Waals surface area contributed by atoms with Crippen LogP contribution in [-0.2, 0) is 11.7 Å². The minimum atomic E-state index is -4.96. The summed E-state index contributed by atoms with van der Waals surface area (Å²) < 4.78 is 77.7. The van der Waals surface area contributed by atoms with Crippen molar-refractivity contribution in [2.45, 2.75) is 39.3 Å². The van der Waals surface area contributed by atoms with E-state index >= 15 is 0 Å². The second-order valence-corrected chi connectivity index (χ2v) is 5.57. The molecule has 2 aromatic rings. The Morgan fingerprint density at radius 3 is 2.76 bits per heavy atom. The maximum absolute atomic E-state index is 13.3. The molecule has 2 N–H and O–H groups in total. The lowest BCUT2D eigenvalue weighted by Gasteiger charge is -2.15. The van der Waals surface area contributed by atoms with Crippen molar-refractivity contribution >= 4 is 17.5 Å². The molecular weight excluding hydrogens is 335 g/mol. The summed E-state index contributed by atoms with van der Waals surface area (Å²) in [5.74, 6) is -1.40. The molecule has 10 heteroatoms. The Balaban J connectivity index is 2.46. The molecule has 2 heterocycles. The summed E-state index contributed by atoms with van der Waals surface area (Å²) in [4.78, 5) is 7.20. The largest absolute Gasteiger partial charge is 0.421 e. The normalized spacial score (nSPS) is 16.0. The van der Waals surface area contributed by atoms with Crippen molar-refractivity contribution in [3.05, 3.63) is 23.7 Å². The first-order valence-corrected chi connectivity index (χ1v) is 6.95. The summed E-state index contributed by atoms with van der Waals surface area (Å²) in [5, 5.41) is 17.7. The number of hydrogen-bond donors (Lipinski definition) is 2. The van der Waals surface area contributed by atoms with Gasteiger partial charge < -0.3 is 10.6 Å². The van der Waals surface area contributed by atoms with Crippen LogP contribution in [0.2, 0.25) is 0 Å². The lowest BCUT2D eigenvalue weighted by molar-refractivity contribution is -0.137. The Kier molecular flexibility index (Phi) is 3.30. The Bertz CT molecular complexity index is 976. The van der Waals surface area contributed by atoms with E-state index in [2.05, 4.69) is 20.4 Å². The van der Waals surface area contributed by atoms with E-state index in [-0.39, 0.29) is 5.95 Å². The van der Waals surface area contributed by atoms with Gasteiger partial charge in [-0.15, -0.1) is 0 Å². The third-order valence-electron chi connectivity index (χ3n) is 3.27. The van der Waals surface area contributed by atoms with Crippen molar-refractivity contribution in [1.29, 1.82) is 5.26 Å². The lowest BCUT2D eigenvalue weighted by Crippen LogP contribution is -2.24. The van der Waals surface area contributed by atoms with Crippen LogP contribution in [0.3, 0.4) is 0 Å². The molecule has 0 bridgehead atoms. The molecule has 0 saturated heterocycles. The van der Waals surface area contributed by atoms with Gasteiger partial charge in [0.1, 0.15) is 16.9 Å². The van der Waals surface area contributed by atoms with Crippen LogP contribution in [0.15, 0.2) is 12.4 Å². The molecule has 25 heavy (non-hydrogen) atoms. The Morgan fingerprint density at radius 1 is 1.44 bits per heavy atom. The third kappa shape index (κ3) is 3.99. The molecular formula is C15H18F3N7. The van der Waals surface area contributed by atoms with E-state index < -0.39 is 36.4 Å². The number of nitrogens with zero attached hydrogens (tertiary/aromatic N) is 5. The number of hydrogen-bond acceptors (Lipinski definition) is 6. The van der Waals surface area contributed by atoms with E-state index in [1.165, 1.54) is 10.9 Å². The predicted octanol–water partition coefficient (Wildman–Crippen LogP) is 3.43. The first kappa shape index (κ1) is 12.5. The van der Waals surface area contributed by atoms with Crippen LogP contribution < -0.4 is 10.6 Å². The van der Waals surface area contributed by atoms with Crippen LogP contribution in [0.25, 0.3) is 0 Å². The summed E-state index contributed by atoms with van der Waals surface area (Å²) in [6.07, 6.45) is -3.11. The van der Waals surface area contributed by atoms with Crippen molar-refractivity contribution in [1.82, 2.24) is 19.7 Å². The van der Waals surface area contributed by atoms with Gasteiger partial charge >= 0.3 is 6.18 Å². The molecule has 0 atom stereocenters. The highest BCUT2D eigenvalue weighted by Crippen LogP contribution is 2.34. The van der Waals surface area contributed by atoms with Gasteiger partial charge in [0.2, 0.25) is 5.95 Å². The Labute approximate surface area is 149 Å². The standard InChI is InChI=1S/C15H18F3N7/c1-5-20-12-10(15(16,17)18)6-21-13(23-12)22-11-7-25(24-9(11)2)14(3,4)8-19/h6-7H,5H2,1-4H3,(H2,20,21,22,23)/i1D3,5D2. The van der Waals surface area contributed by atoms with Crippen LogP contribution in [0.4, 0.5) is 30.6 Å². The van der Waals surface area contributed by atoms with Crippen molar-refractivity contribution in [3.8, 4) is 6.07 Å². The van der Waals surface area contributed by atoms with Crippen LogP contribution in [-0.4, -0.2) is 26.2 Å². The zero-order chi connectivity index (χ0) is 23.1. The minimum Gasteiger partial charge on any atom is -0.370 e. The Hall–Kier alpha value is -2.83. The van der Waals surface area contributed by atoms with E-state index in [1.807, 2.05) is 6.07 Å². The number of anilines is 3. The summed E-state index contributed by atoms with van der Waals surface area (Å²) in [5.41, 5.74) is -1.73. The van der Waals surface area contributed by atoms with Crippen LogP contribution >= 0.6 is 0 Å². The Morgan fingerprint density at radius 2 is 2.16 bits per heavy atom. The van der Waals surface area contributed by atoms with Crippen LogP contribution in [0.1, 0.15) is 38.8 Å². The number of alkyl halides is 3. The van der Waals surface area contributed by atoms with Crippen LogP contribution in [0, 0.1) is 18.3 Å². The van der Waals surface area contributed by atoms with E-state index in [4.69, 9.17) is 6.85 Å². The first-order chi connectivity index (χ1) is 13.5. The molecule has 0 aliphatic rings. The van der Waals surface area contributed by atoms with E-state index in [1.54, 1.807) is 26.1 Å². The second kappa shape index (κ2) is 6.58. The average Bonchev–Trinajstić information content (AvgIpc) is 2.94. The maximum atomic E-state index is 13.3. The fraction of sp³-hybridized carbons (Fsp3) is 0.467. The molecule has 0 fully saturated rings. The molecule has 2 rings (SSSR count). The van der Waals surface area contributed by atoms with Crippen molar-refractivity contribution in [2.24, 2.45) is 0 Å². The summed E-state index contributed by atoms with van der Waals surface area (Å²) in [7, 11) is 0. The number of nitriles is 1. The number of rotatable bonds is 5. The van der Waals surface area contributed by atoms with E-state index in [9.17, 15) is 18.4 Å². The number of halogens is 3. The van der Waals surface area contributed by atoms with Gasteiger partial charge in [0, 0.05) is 19.5 Å². The van der Waals surface area contributed by atoms with Gasteiger partial charge in [-0.25, -0.2) is 4.98 Å². The quantitative estimate of drug-likeness (QED) is 0.851. The highest BCUT2D eigenvalue weighted by molar-refractivity contribution is 5.58. The average molecular weight is 358 g/mol. The molecule has 0 unspecified atom stereocenters. The molecule has 0 aliphatic heterocycles. The monoisotopic (exact) mass is 358 g/mol. The molecule has 0 saturated carbocycles. The number of nitrogens with one attached hydrogen (secondary N) is 2. The molecule has 0 radical (unpaired) electrons. The van der Waals surface area contributed by atoms with Crippen molar-refractivity contribution in [3.63, 3.8) is 0 Å². The highest BCUT2D eigenvalue weighted by atomic mass is 19.4. The van der Waals surface area contributed by atoms with Gasteiger partial charge in [0.05, 0.1) is 23.6 Å². The summed E-state index contributed by atoms with van der Waals surface area (Å²) in [6.45, 7) is -1.64. The van der Waals surface area contributed by atoms with Gasteiger partial charge in [-0.05, 0) is 27.6 Å². The van der Waals surface area contributed by atoms with Gasteiger partial charge in [-0.1, -0.05) is 0 Å². The smallest absolute Gasteiger partial charge is 0.370 e. The molecule has 0 aliphatic carbocycles. The first-order valence-electron chi connectivity index (χ1n) is 9.45. The van der Waals surface area contributed by atoms with Gasteiger partial charge in [0.25, 0.3) is 0 Å². The molecule has 7 nitrogen and oxygen atoms in total. The van der Waals surface area contributed by atoms with Gasteiger partial charge in [-0.2, -0.15) is 28.5 Å². The van der Waals surface area contributed by atoms with Gasteiger partial charge in [0.15, 0.2) is 0 Å². The molecule has 0 spiro atoms. The number of aryl methyl sites for hydroxylation is 1. The highest BCUT2D eigenvalue weighted by Gasteiger charge is 2.35. The fourth-order valence-corrected chi connectivity index (χ4v) is 1.84. The number of aromatic nitrogens is 4. The maximum Gasteiger partial charge on any atom is 0.421 e. The molecule has 0 aromatic carbocycles. The second-order valence-electron chi connectivity index (χ2n) is 5.57. The summed E-state index contributed by atoms with van der Waals surface area (Å²) >= 11 is 0. The molecule has 134 valence electrons. The van der Waals surface area contributed by atoms with Crippen molar-refractivity contribution in [2.75, 3.05) is 17.1 Å².